The molecule has 4 rings (SSSR count). The lowest BCUT2D eigenvalue weighted by Gasteiger charge is -2.11. The number of phenols is 1. The number of H-pyrrole nitrogens is 1. The average Bonchev–Trinajstić information content (AvgIpc) is 2.97. The maximum absolute atomic E-state index is 10.7. The van der Waals surface area contributed by atoms with Gasteiger partial charge in [-0.25, -0.2) is 0 Å². The van der Waals surface area contributed by atoms with Crippen molar-refractivity contribution in [3.8, 4) is 17.0 Å². The standard InChI is InChI=1S/C23H21NO/c1-15-12-16(2)23(25)20(13-15)22-19(14-17-8-4-3-5-9-17)18-10-6-7-11-21(18)24-22/h3-13,24-25H,14H2,1-2H3. The van der Waals surface area contributed by atoms with Gasteiger partial charge >= 0.3 is 0 Å². The number of rotatable bonds is 3. The summed E-state index contributed by atoms with van der Waals surface area (Å²) in [5.74, 6) is 0.353. The highest BCUT2D eigenvalue weighted by Crippen LogP contribution is 2.38. The Kier molecular flexibility index (Phi) is 3.81. The smallest absolute Gasteiger partial charge is 0.127 e. The largest absolute Gasteiger partial charge is 0.507 e. The highest BCUT2D eigenvalue weighted by Gasteiger charge is 2.17. The summed E-state index contributed by atoms with van der Waals surface area (Å²) < 4.78 is 0. The number of aromatic amines is 1. The van der Waals surface area contributed by atoms with E-state index >= 15 is 0 Å². The predicted octanol–water partition coefficient (Wildman–Crippen LogP) is 5.75. The number of aromatic nitrogens is 1. The van der Waals surface area contributed by atoms with E-state index in [4.69, 9.17) is 0 Å². The molecule has 0 saturated carbocycles. The van der Waals surface area contributed by atoms with Gasteiger partial charge in [0.15, 0.2) is 0 Å². The number of aromatic hydroxyl groups is 1. The van der Waals surface area contributed by atoms with Crippen molar-refractivity contribution in [1.29, 1.82) is 0 Å². The lowest BCUT2D eigenvalue weighted by atomic mass is 9.96. The molecule has 2 N–H and O–H groups in total. The second-order valence-corrected chi connectivity index (χ2v) is 6.66. The van der Waals surface area contributed by atoms with E-state index < -0.39 is 0 Å². The third-order valence-corrected chi connectivity index (χ3v) is 4.75. The molecule has 0 spiro atoms. The fourth-order valence-corrected chi connectivity index (χ4v) is 3.56. The molecule has 0 bridgehead atoms. The number of para-hydroxylation sites is 1. The molecule has 0 amide bonds. The SMILES string of the molecule is Cc1cc(C)c(O)c(-c2[nH]c3ccccc3c2Cc2ccccc2)c1. The van der Waals surface area contributed by atoms with Gasteiger partial charge in [0.25, 0.3) is 0 Å². The molecule has 0 fully saturated rings. The highest BCUT2D eigenvalue weighted by atomic mass is 16.3. The van der Waals surface area contributed by atoms with Gasteiger partial charge < -0.3 is 10.1 Å². The van der Waals surface area contributed by atoms with Gasteiger partial charge in [0.2, 0.25) is 0 Å². The molecule has 1 aromatic heterocycles. The summed E-state index contributed by atoms with van der Waals surface area (Å²) in [6.45, 7) is 4.01. The Morgan fingerprint density at radius 3 is 2.40 bits per heavy atom. The van der Waals surface area contributed by atoms with Crippen molar-refractivity contribution in [2.45, 2.75) is 20.3 Å². The van der Waals surface area contributed by atoms with Crippen LogP contribution in [0, 0.1) is 13.8 Å². The number of nitrogens with one attached hydrogen (secondary N) is 1. The van der Waals surface area contributed by atoms with Crippen LogP contribution in [0.2, 0.25) is 0 Å². The summed E-state index contributed by atoms with van der Waals surface area (Å²) in [6.07, 6.45) is 0.826. The molecular weight excluding hydrogens is 306 g/mol. The van der Waals surface area contributed by atoms with Gasteiger partial charge in [0, 0.05) is 22.9 Å². The van der Waals surface area contributed by atoms with Crippen molar-refractivity contribution >= 4 is 10.9 Å². The van der Waals surface area contributed by atoms with Gasteiger partial charge in [-0.2, -0.15) is 0 Å². The predicted molar refractivity (Wildman–Crippen MR) is 104 cm³/mol. The average molecular weight is 327 g/mol. The van der Waals surface area contributed by atoms with E-state index in [0.29, 0.717) is 5.75 Å². The summed E-state index contributed by atoms with van der Waals surface area (Å²) in [5.41, 5.74) is 7.52. The number of benzene rings is 3. The summed E-state index contributed by atoms with van der Waals surface area (Å²) in [7, 11) is 0. The van der Waals surface area contributed by atoms with Gasteiger partial charge in [0.05, 0.1) is 5.69 Å². The first-order chi connectivity index (χ1) is 12.1. The molecule has 4 aromatic rings. The van der Waals surface area contributed by atoms with Crippen molar-refractivity contribution in [2.24, 2.45) is 0 Å². The fraction of sp³-hybridized carbons (Fsp3) is 0.130. The van der Waals surface area contributed by atoms with Crippen molar-refractivity contribution < 1.29 is 5.11 Å². The van der Waals surface area contributed by atoms with Gasteiger partial charge in [0.1, 0.15) is 5.75 Å². The van der Waals surface area contributed by atoms with Gasteiger partial charge in [-0.15, -0.1) is 0 Å². The maximum atomic E-state index is 10.7. The van der Waals surface area contributed by atoms with E-state index in [-0.39, 0.29) is 0 Å². The van der Waals surface area contributed by atoms with E-state index in [9.17, 15) is 5.11 Å². The van der Waals surface area contributed by atoms with Crippen LogP contribution in [0.25, 0.3) is 22.2 Å². The quantitative estimate of drug-likeness (QED) is 0.494. The van der Waals surface area contributed by atoms with Crippen LogP contribution < -0.4 is 0 Å². The summed E-state index contributed by atoms with van der Waals surface area (Å²) in [6, 6.07) is 22.9. The first-order valence-corrected chi connectivity index (χ1v) is 8.57. The molecule has 1 heterocycles. The zero-order valence-corrected chi connectivity index (χ0v) is 14.5. The van der Waals surface area contributed by atoms with Crippen molar-refractivity contribution in [3.05, 3.63) is 89.0 Å². The van der Waals surface area contributed by atoms with Crippen LogP contribution in [-0.2, 0) is 6.42 Å². The maximum Gasteiger partial charge on any atom is 0.127 e. The van der Waals surface area contributed by atoms with E-state index in [1.54, 1.807) is 0 Å². The Morgan fingerprint density at radius 1 is 0.880 bits per heavy atom. The lowest BCUT2D eigenvalue weighted by molar-refractivity contribution is 0.473. The molecule has 0 saturated heterocycles. The Labute approximate surface area is 147 Å². The van der Waals surface area contributed by atoms with E-state index in [1.807, 2.05) is 25.1 Å². The van der Waals surface area contributed by atoms with Crippen molar-refractivity contribution in [3.63, 3.8) is 0 Å². The molecule has 0 unspecified atom stereocenters. The third-order valence-electron chi connectivity index (χ3n) is 4.75. The van der Waals surface area contributed by atoms with Crippen LogP contribution in [0.15, 0.2) is 66.7 Å². The Bertz CT molecular complexity index is 1040. The molecule has 0 atom stereocenters. The topological polar surface area (TPSA) is 36.0 Å². The van der Waals surface area contributed by atoms with Crippen LogP contribution in [-0.4, -0.2) is 10.1 Å². The summed E-state index contributed by atoms with van der Waals surface area (Å²) in [4.78, 5) is 3.54. The number of hydrogen-bond acceptors (Lipinski definition) is 1. The molecule has 124 valence electrons. The fourth-order valence-electron chi connectivity index (χ4n) is 3.56. The van der Waals surface area contributed by atoms with Crippen LogP contribution in [0.3, 0.4) is 0 Å². The zero-order chi connectivity index (χ0) is 17.4. The molecule has 2 nitrogen and oxygen atoms in total. The monoisotopic (exact) mass is 327 g/mol. The Hall–Kier alpha value is -3.00. The molecular formula is C23H21NO. The van der Waals surface area contributed by atoms with Crippen molar-refractivity contribution in [1.82, 2.24) is 4.98 Å². The first kappa shape index (κ1) is 15.5. The minimum atomic E-state index is 0.353. The molecule has 2 heteroatoms. The first-order valence-electron chi connectivity index (χ1n) is 8.57. The van der Waals surface area contributed by atoms with Crippen molar-refractivity contribution in [2.75, 3.05) is 0 Å². The van der Waals surface area contributed by atoms with Gasteiger partial charge in [-0.1, -0.05) is 54.6 Å². The van der Waals surface area contributed by atoms with E-state index in [0.717, 1.165) is 34.3 Å². The number of aryl methyl sites for hydroxylation is 2. The van der Waals surface area contributed by atoms with Crippen LogP contribution >= 0.6 is 0 Å². The van der Waals surface area contributed by atoms with Gasteiger partial charge in [-0.3, -0.25) is 0 Å². The summed E-state index contributed by atoms with van der Waals surface area (Å²) >= 11 is 0. The van der Waals surface area contributed by atoms with E-state index in [1.165, 1.54) is 16.5 Å². The second-order valence-electron chi connectivity index (χ2n) is 6.66. The molecule has 0 aliphatic rings. The number of fused-ring (bicyclic) bond motifs is 1. The Morgan fingerprint density at radius 2 is 1.60 bits per heavy atom. The third kappa shape index (κ3) is 2.80. The minimum Gasteiger partial charge on any atom is -0.507 e. The zero-order valence-electron chi connectivity index (χ0n) is 14.5. The van der Waals surface area contributed by atoms with Crippen LogP contribution in [0.1, 0.15) is 22.3 Å². The Balaban J connectivity index is 1.97. The summed E-state index contributed by atoms with van der Waals surface area (Å²) in [5, 5.41) is 11.9. The van der Waals surface area contributed by atoms with Gasteiger partial charge in [-0.05, 0) is 48.2 Å². The van der Waals surface area contributed by atoms with E-state index in [2.05, 4.69) is 60.4 Å². The minimum absolute atomic E-state index is 0.353. The molecule has 0 radical (unpaired) electrons. The molecule has 0 aliphatic carbocycles. The normalized spacial score (nSPS) is 11.1. The van der Waals surface area contributed by atoms with Crippen LogP contribution in [0.5, 0.6) is 5.75 Å². The number of phenolic OH excluding ortho intramolecular Hbond substituents is 1. The van der Waals surface area contributed by atoms with Crippen LogP contribution in [0.4, 0.5) is 0 Å². The molecule has 25 heavy (non-hydrogen) atoms. The second kappa shape index (κ2) is 6.14. The highest BCUT2D eigenvalue weighted by molar-refractivity contribution is 5.92. The lowest BCUT2D eigenvalue weighted by Crippen LogP contribution is -1.92. The molecule has 3 aromatic carbocycles. The number of hydrogen-bond donors (Lipinski definition) is 2. The molecule has 0 aliphatic heterocycles.